The SMILES string of the molecule is Cc1ccccc1CC1(C)CCC(N)C1. The predicted molar refractivity (Wildman–Crippen MR) is 64.8 cm³/mol. The predicted octanol–water partition coefficient (Wildman–Crippen LogP) is 3.06. The molecule has 1 aliphatic carbocycles. The van der Waals surface area contributed by atoms with E-state index in [-0.39, 0.29) is 0 Å². The van der Waals surface area contributed by atoms with Crippen LogP contribution in [-0.4, -0.2) is 6.04 Å². The molecule has 0 aromatic heterocycles. The Kier molecular flexibility index (Phi) is 2.83. The van der Waals surface area contributed by atoms with Gasteiger partial charge in [0.1, 0.15) is 0 Å². The van der Waals surface area contributed by atoms with E-state index in [2.05, 4.69) is 38.1 Å². The van der Waals surface area contributed by atoms with Crippen LogP contribution in [0.4, 0.5) is 0 Å². The molecule has 15 heavy (non-hydrogen) atoms. The minimum Gasteiger partial charge on any atom is -0.328 e. The molecule has 1 fully saturated rings. The van der Waals surface area contributed by atoms with Gasteiger partial charge in [0.25, 0.3) is 0 Å². The van der Waals surface area contributed by atoms with E-state index in [4.69, 9.17) is 5.73 Å². The second-order valence-electron chi connectivity index (χ2n) is 5.42. The van der Waals surface area contributed by atoms with Gasteiger partial charge in [-0.2, -0.15) is 0 Å². The zero-order chi connectivity index (χ0) is 10.9. The largest absolute Gasteiger partial charge is 0.328 e. The fourth-order valence-electron chi connectivity index (χ4n) is 2.80. The van der Waals surface area contributed by atoms with Crippen LogP contribution in [-0.2, 0) is 6.42 Å². The van der Waals surface area contributed by atoms with Crippen molar-refractivity contribution < 1.29 is 0 Å². The third kappa shape index (κ3) is 2.40. The molecule has 1 aromatic rings. The lowest BCUT2D eigenvalue weighted by molar-refractivity contribution is 0.329. The number of hydrogen-bond acceptors (Lipinski definition) is 1. The summed E-state index contributed by atoms with van der Waals surface area (Å²) in [6.07, 6.45) is 4.85. The van der Waals surface area contributed by atoms with Crippen molar-refractivity contribution in [1.82, 2.24) is 0 Å². The summed E-state index contributed by atoms with van der Waals surface area (Å²) in [6.45, 7) is 4.58. The monoisotopic (exact) mass is 203 g/mol. The summed E-state index contributed by atoms with van der Waals surface area (Å²) in [6, 6.07) is 9.14. The highest BCUT2D eigenvalue weighted by Gasteiger charge is 2.33. The third-order valence-corrected chi connectivity index (χ3v) is 3.75. The van der Waals surface area contributed by atoms with Gasteiger partial charge >= 0.3 is 0 Å². The quantitative estimate of drug-likeness (QED) is 0.785. The molecule has 0 spiro atoms. The first-order chi connectivity index (χ1) is 7.09. The Morgan fingerprint density at radius 1 is 1.40 bits per heavy atom. The molecule has 2 rings (SSSR count). The number of aryl methyl sites for hydroxylation is 1. The van der Waals surface area contributed by atoms with Crippen LogP contribution < -0.4 is 5.73 Å². The molecule has 0 heterocycles. The van der Waals surface area contributed by atoms with E-state index >= 15 is 0 Å². The van der Waals surface area contributed by atoms with Crippen LogP contribution in [0.15, 0.2) is 24.3 Å². The van der Waals surface area contributed by atoms with Gasteiger partial charge in [-0.15, -0.1) is 0 Å². The van der Waals surface area contributed by atoms with Crippen molar-refractivity contribution >= 4 is 0 Å². The number of benzene rings is 1. The number of rotatable bonds is 2. The van der Waals surface area contributed by atoms with Gasteiger partial charge in [0, 0.05) is 6.04 Å². The van der Waals surface area contributed by atoms with E-state index in [0.29, 0.717) is 11.5 Å². The van der Waals surface area contributed by atoms with E-state index in [1.54, 1.807) is 0 Å². The summed E-state index contributed by atoms with van der Waals surface area (Å²) in [7, 11) is 0. The van der Waals surface area contributed by atoms with E-state index in [0.717, 1.165) is 0 Å². The van der Waals surface area contributed by atoms with Crippen molar-refractivity contribution in [3.05, 3.63) is 35.4 Å². The normalized spacial score (nSPS) is 30.7. The van der Waals surface area contributed by atoms with Gasteiger partial charge in [0.15, 0.2) is 0 Å². The van der Waals surface area contributed by atoms with E-state index in [1.807, 2.05) is 0 Å². The maximum absolute atomic E-state index is 6.00. The highest BCUT2D eigenvalue weighted by molar-refractivity contribution is 5.26. The number of nitrogens with two attached hydrogens (primary N) is 1. The molecule has 0 bridgehead atoms. The molecule has 0 saturated heterocycles. The summed E-state index contributed by atoms with van der Waals surface area (Å²) in [5.41, 5.74) is 9.35. The lowest BCUT2D eigenvalue weighted by atomic mass is 9.81. The maximum Gasteiger partial charge on any atom is 0.00443 e. The highest BCUT2D eigenvalue weighted by Crippen LogP contribution is 2.40. The van der Waals surface area contributed by atoms with Crippen LogP contribution in [0.2, 0.25) is 0 Å². The van der Waals surface area contributed by atoms with Crippen molar-refractivity contribution in [3.63, 3.8) is 0 Å². The second kappa shape index (κ2) is 3.97. The molecule has 0 radical (unpaired) electrons. The van der Waals surface area contributed by atoms with Gasteiger partial charge in [-0.05, 0) is 49.1 Å². The molecule has 1 aromatic carbocycles. The molecule has 2 N–H and O–H groups in total. The fraction of sp³-hybridized carbons (Fsp3) is 0.571. The van der Waals surface area contributed by atoms with Crippen LogP contribution in [0.3, 0.4) is 0 Å². The Hall–Kier alpha value is -0.820. The van der Waals surface area contributed by atoms with Gasteiger partial charge in [0.2, 0.25) is 0 Å². The molecule has 1 aliphatic rings. The summed E-state index contributed by atoms with van der Waals surface area (Å²) < 4.78 is 0. The van der Waals surface area contributed by atoms with Crippen molar-refractivity contribution in [2.24, 2.45) is 11.1 Å². The topological polar surface area (TPSA) is 26.0 Å². The van der Waals surface area contributed by atoms with E-state index < -0.39 is 0 Å². The molecule has 0 aliphatic heterocycles. The number of hydrogen-bond donors (Lipinski definition) is 1. The van der Waals surface area contributed by atoms with Crippen LogP contribution in [0.5, 0.6) is 0 Å². The van der Waals surface area contributed by atoms with Crippen molar-refractivity contribution in [3.8, 4) is 0 Å². The lowest BCUT2D eigenvalue weighted by Gasteiger charge is -2.24. The van der Waals surface area contributed by atoms with Crippen molar-refractivity contribution in [2.45, 2.75) is 45.6 Å². The maximum atomic E-state index is 6.00. The summed E-state index contributed by atoms with van der Waals surface area (Å²) in [5.74, 6) is 0. The van der Waals surface area contributed by atoms with Crippen LogP contribution in [0, 0.1) is 12.3 Å². The Morgan fingerprint density at radius 3 is 2.73 bits per heavy atom. The van der Waals surface area contributed by atoms with Crippen LogP contribution in [0.25, 0.3) is 0 Å². The van der Waals surface area contributed by atoms with Gasteiger partial charge in [0.05, 0.1) is 0 Å². The third-order valence-electron chi connectivity index (χ3n) is 3.75. The second-order valence-corrected chi connectivity index (χ2v) is 5.42. The first-order valence-corrected chi connectivity index (χ1v) is 5.89. The molecule has 1 nitrogen and oxygen atoms in total. The average Bonchev–Trinajstić information content (AvgIpc) is 2.51. The zero-order valence-electron chi connectivity index (χ0n) is 9.79. The minimum absolute atomic E-state index is 0.430. The molecular formula is C14H21N. The molecule has 2 atom stereocenters. The van der Waals surface area contributed by atoms with E-state index in [1.165, 1.54) is 36.8 Å². The Bertz CT molecular complexity index is 345. The van der Waals surface area contributed by atoms with Gasteiger partial charge < -0.3 is 5.73 Å². The molecule has 1 saturated carbocycles. The first kappa shape index (κ1) is 10.7. The molecule has 82 valence electrons. The smallest absolute Gasteiger partial charge is 0.00443 e. The lowest BCUT2D eigenvalue weighted by Crippen LogP contribution is -2.21. The Labute approximate surface area is 92.7 Å². The summed E-state index contributed by atoms with van der Waals surface area (Å²) in [5, 5.41) is 0. The molecule has 0 amide bonds. The molecule has 1 heteroatoms. The van der Waals surface area contributed by atoms with Crippen LogP contribution in [0.1, 0.15) is 37.3 Å². The highest BCUT2D eigenvalue weighted by atomic mass is 14.7. The summed E-state index contributed by atoms with van der Waals surface area (Å²) >= 11 is 0. The van der Waals surface area contributed by atoms with Crippen molar-refractivity contribution in [1.29, 1.82) is 0 Å². The molecule has 2 unspecified atom stereocenters. The average molecular weight is 203 g/mol. The Morgan fingerprint density at radius 2 is 2.13 bits per heavy atom. The van der Waals surface area contributed by atoms with Gasteiger partial charge in [-0.1, -0.05) is 31.2 Å². The summed E-state index contributed by atoms with van der Waals surface area (Å²) in [4.78, 5) is 0. The fourth-order valence-corrected chi connectivity index (χ4v) is 2.80. The first-order valence-electron chi connectivity index (χ1n) is 5.89. The van der Waals surface area contributed by atoms with Crippen molar-refractivity contribution in [2.75, 3.05) is 0 Å². The Balaban J connectivity index is 2.12. The zero-order valence-corrected chi connectivity index (χ0v) is 9.79. The van der Waals surface area contributed by atoms with Crippen LogP contribution >= 0.6 is 0 Å². The molecular weight excluding hydrogens is 182 g/mol. The van der Waals surface area contributed by atoms with Gasteiger partial charge in [-0.25, -0.2) is 0 Å². The van der Waals surface area contributed by atoms with Gasteiger partial charge in [-0.3, -0.25) is 0 Å². The standard InChI is InChI=1S/C14H21N/c1-11-5-3-4-6-12(11)9-14(2)8-7-13(15)10-14/h3-6,13H,7-10,15H2,1-2H3. The van der Waals surface area contributed by atoms with E-state index in [9.17, 15) is 0 Å². The minimum atomic E-state index is 0.430.